The second-order valence-electron chi connectivity index (χ2n) is 28.7. The first-order chi connectivity index (χ1) is 45.6. The number of hydrogen-bond donors (Lipinski definition) is 0. The number of likely N-dealkylation sites (N-methyl/N-ethyl adjacent to an activating group) is 1. The highest BCUT2D eigenvalue weighted by Crippen LogP contribution is 2.19. The summed E-state index contributed by atoms with van der Waals surface area (Å²) in [5.41, 5.74) is 0. The Kier molecular flexibility index (Phi) is 72.4. The van der Waals surface area contributed by atoms with Gasteiger partial charge in [0.2, 0.25) is 0 Å². The minimum Gasteiger partial charge on any atom is -0.545 e. The predicted molar refractivity (Wildman–Crippen MR) is 399 cm³/mol. The van der Waals surface area contributed by atoms with Crippen molar-refractivity contribution in [1.29, 1.82) is 0 Å². The lowest BCUT2D eigenvalue weighted by Gasteiger charge is -2.26. The number of hydrogen-bond acceptors (Lipinski definition) is 8. The molecule has 93 heavy (non-hydrogen) atoms. The first kappa shape index (κ1) is 90.0. The molecule has 0 saturated carbocycles. The Bertz CT molecular complexity index is 1710. The summed E-state index contributed by atoms with van der Waals surface area (Å²) in [4.78, 5) is 37.6. The van der Waals surface area contributed by atoms with Gasteiger partial charge in [0.05, 0.1) is 40.3 Å². The zero-order chi connectivity index (χ0) is 67.5. The summed E-state index contributed by atoms with van der Waals surface area (Å²) in [6.45, 7) is 4.79. The lowest BCUT2D eigenvalue weighted by atomic mass is 10.0. The van der Waals surface area contributed by atoms with Crippen LogP contribution in [0.3, 0.4) is 0 Å². The van der Waals surface area contributed by atoms with E-state index in [0.717, 1.165) is 51.4 Å². The van der Waals surface area contributed by atoms with Gasteiger partial charge in [0.25, 0.3) is 0 Å². The molecule has 2 atom stereocenters. The minimum absolute atomic E-state index is 0.149. The van der Waals surface area contributed by atoms with E-state index in [1.54, 1.807) is 0 Å². The molecule has 0 aliphatic rings. The van der Waals surface area contributed by atoms with Gasteiger partial charge in [-0.2, -0.15) is 0 Å². The molecule has 2 unspecified atom stereocenters. The minimum atomic E-state index is -1.62. The van der Waals surface area contributed by atoms with Crippen LogP contribution in [0.4, 0.5) is 0 Å². The topological polar surface area (TPSA) is 111 Å². The molecule has 0 aromatic heterocycles. The molecular weight excluding hydrogens is 1150 g/mol. The van der Waals surface area contributed by atoms with E-state index in [1.807, 2.05) is 21.1 Å². The molecule has 0 aromatic carbocycles. The number of allylic oxidation sites excluding steroid dienone is 10. The molecule has 0 fully saturated rings. The van der Waals surface area contributed by atoms with E-state index in [0.29, 0.717) is 23.9 Å². The Balaban J connectivity index is 3.97. The molecule has 0 aliphatic carbocycles. The molecule has 9 nitrogen and oxygen atoms in total. The van der Waals surface area contributed by atoms with Gasteiger partial charge in [0.1, 0.15) is 13.2 Å². The molecule has 0 N–H and O–H groups in total. The third-order valence-electron chi connectivity index (χ3n) is 18.2. The third kappa shape index (κ3) is 76.2. The SMILES string of the molecule is CCCCCCC/C=C\C/C=C\C/C=C\CCCCCCCCCCCCCCCCCCC(=O)OC(COC(=O)CCCCCCCCCCCCCCCCCCCCCCCCCCC/C=C\C/C=C\CCCCCCC)COC(OCC[N+](C)(C)C)C(=O)[O-]. The summed E-state index contributed by atoms with van der Waals surface area (Å²) in [5, 5.41) is 11.9. The van der Waals surface area contributed by atoms with E-state index in [2.05, 4.69) is 74.6 Å². The van der Waals surface area contributed by atoms with Crippen LogP contribution in [0.2, 0.25) is 0 Å². The summed E-state index contributed by atoms with van der Waals surface area (Å²) < 4.78 is 22.9. The van der Waals surface area contributed by atoms with Crippen molar-refractivity contribution in [2.45, 2.75) is 411 Å². The highest BCUT2D eigenvalue weighted by atomic mass is 16.7. The number of unbranched alkanes of at least 4 members (excludes halogenated alkanes) is 51. The van der Waals surface area contributed by atoms with Gasteiger partial charge in [-0.05, 0) is 83.5 Å². The molecule has 0 rings (SSSR count). The van der Waals surface area contributed by atoms with E-state index in [1.165, 1.54) is 315 Å². The monoisotopic (exact) mass is 1310 g/mol. The average Bonchev–Trinajstić information content (AvgIpc) is 3.38. The van der Waals surface area contributed by atoms with Gasteiger partial charge in [0.15, 0.2) is 12.4 Å². The van der Waals surface area contributed by atoms with Crippen LogP contribution < -0.4 is 5.11 Å². The molecule has 544 valence electrons. The van der Waals surface area contributed by atoms with E-state index in [9.17, 15) is 19.5 Å². The fourth-order valence-corrected chi connectivity index (χ4v) is 12.1. The van der Waals surface area contributed by atoms with Gasteiger partial charge in [-0.3, -0.25) is 9.59 Å². The van der Waals surface area contributed by atoms with Gasteiger partial charge >= 0.3 is 11.9 Å². The second kappa shape index (κ2) is 74.8. The maximum atomic E-state index is 13.0. The number of carboxylic acid groups (broad SMARTS) is 1. The maximum Gasteiger partial charge on any atom is 0.306 e. The Hall–Kier alpha value is -3.01. The molecule has 0 spiro atoms. The third-order valence-corrected chi connectivity index (χ3v) is 18.2. The van der Waals surface area contributed by atoms with Crippen molar-refractivity contribution in [3.05, 3.63) is 60.8 Å². The average molecular weight is 1310 g/mol. The van der Waals surface area contributed by atoms with Crippen LogP contribution in [0.1, 0.15) is 399 Å². The first-order valence-electron chi connectivity index (χ1n) is 40.4. The fourth-order valence-electron chi connectivity index (χ4n) is 12.1. The number of esters is 2. The highest BCUT2D eigenvalue weighted by Gasteiger charge is 2.22. The lowest BCUT2D eigenvalue weighted by Crippen LogP contribution is -2.44. The second-order valence-corrected chi connectivity index (χ2v) is 28.7. The molecule has 0 saturated heterocycles. The van der Waals surface area contributed by atoms with E-state index in [4.69, 9.17) is 18.9 Å². The van der Waals surface area contributed by atoms with E-state index >= 15 is 0 Å². The standard InChI is InChI=1S/C84H155NO8/c1-6-8-10-12-14-16-18-20-22-24-26-28-30-32-34-36-38-39-40-41-42-43-45-46-48-50-52-54-56-58-60-62-64-66-68-70-72-74-81(86)91-78-80(79-92-84(83(88)89)90-77-76-85(3,4)5)93-82(87)75-73-71-69-67-65-63-61-59-57-55-53-51-49-47-44-37-35-33-31-29-27-25-23-21-19-17-15-13-11-9-7-2/h18-21,24-27,31,33,80,84H,6-17,22-23,28-30,32,34-79H2,1-5H3/b20-18-,21-19-,26-24-,27-25-,33-31-. The Labute approximate surface area is 577 Å². The zero-order valence-corrected chi connectivity index (χ0v) is 62.4. The van der Waals surface area contributed by atoms with Crippen LogP contribution in [0, 0.1) is 0 Å². The molecule has 0 bridgehead atoms. The largest absolute Gasteiger partial charge is 0.545 e. The number of ether oxygens (including phenoxy) is 4. The van der Waals surface area contributed by atoms with Crippen LogP contribution in [-0.2, 0) is 33.3 Å². The van der Waals surface area contributed by atoms with Crippen LogP contribution in [0.15, 0.2) is 60.8 Å². The van der Waals surface area contributed by atoms with Crippen LogP contribution in [0.5, 0.6) is 0 Å². The number of carbonyl (C=O) groups excluding carboxylic acids is 3. The molecular formula is C84H155NO8. The van der Waals surface area contributed by atoms with Gasteiger partial charge in [-0.1, -0.05) is 364 Å². The van der Waals surface area contributed by atoms with Crippen molar-refractivity contribution in [2.75, 3.05) is 47.5 Å². The summed E-state index contributed by atoms with van der Waals surface area (Å²) >= 11 is 0. The predicted octanol–water partition coefficient (Wildman–Crippen LogP) is 24.5. The molecule has 0 radical (unpaired) electrons. The summed E-state index contributed by atoms with van der Waals surface area (Å²) in [5.74, 6) is -2.26. The highest BCUT2D eigenvalue weighted by molar-refractivity contribution is 5.70. The van der Waals surface area contributed by atoms with Crippen LogP contribution >= 0.6 is 0 Å². The van der Waals surface area contributed by atoms with Crippen molar-refractivity contribution < 1.29 is 42.9 Å². The van der Waals surface area contributed by atoms with Crippen molar-refractivity contribution in [3.8, 4) is 0 Å². The Morgan fingerprint density at radius 1 is 0.323 bits per heavy atom. The fraction of sp³-hybridized carbons (Fsp3) is 0.845. The normalized spacial score (nSPS) is 12.9. The van der Waals surface area contributed by atoms with Crippen LogP contribution in [-0.4, -0.2) is 82.3 Å². The number of rotatable bonds is 76. The van der Waals surface area contributed by atoms with Crippen molar-refractivity contribution in [2.24, 2.45) is 0 Å². The zero-order valence-electron chi connectivity index (χ0n) is 62.4. The Morgan fingerprint density at radius 2 is 0.581 bits per heavy atom. The van der Waals surface area contributed by atoms with Crippen molar-refractivity contribution in [3.63, 3.8) is 0 Å². The molecule has 0 heterocycles. The maximum absolute atomic E-state index is 13.0. The quantitative estimate of drug-likeness (QED) is 0.0195. The first-order valence-corrected chi connectivity index (χ1v) is 40.4. The van der Waals surface area contributed by atoms with Crippen molar-refractivity contribution >= 4 is 17.9 Å². The van der Waals surface area contributed by atoms with Crippen LogP contribution in [0.25, 0.3) is 0 Å². The summed E-state index contributed by atoms with van der Waals surface area (Å²) in [6.07, 6.45) is 96.3. The molecule has 0 amide bonds. The van der Waals surface area contributed by atoms with E-state index in [-0.39, 0.29) is 32.2 Å². The molecule has 9 heteroatoms. The summed E-state index contributed by atoms with van der Waals surface area (Å²) in [7, 11) is 5.95. The van der Waals surface area contributed by atoms with E-state index < -0.39 is 24.3 Å². The summed E-state index contributed by atoms with van der Waals surface area (Å²) in [6, 6.07) is 0. The van der Waals surface area contributed by atoms with Gasteiger partial charge < -0.3 is 33.3 Å². The smallest absolute Gasteiger partial charge is 0.306 e. The molecule has 0 aliphatic heterocycles. The number of nitrogens with zero attached hydrogens (tertiary/aromatic N) is 1. The van der Waals surface area contributed by atoms with Gasteiger partial charge in [0, 0.05) is 12.8 Å². The lowest BCUT2D eigenvalue weighted by molar-refractivity contribution is -0.870. The number of aliphatic carboxylic acids is 1. The van der Waals surface area contributed by atoms with Gasteiger partial charge in [-0.25, -0.2) is 0 Å². The van der Waals surface area contributed by atoms with Crippen molar-refractivity contribution in [1.82, 2.24) is 0 Å². The number of carbonyl (C=O) groups is 3. The van der Waals surface area contributed by atoms with Gasteiger partial charge in [-0.15, -0.1) is 0 Å². The molecule has 0 aromatic rings. The number of quaternary nitrogens is 1. The Morgan fingerprint density at radius 3 is 0.860 bits per heavy atom. The number of carboxylic acids is 1.